The van der Waals surface area contributed by atoms with Gasteiger partial charge in [-0.15, -0.1) is 0 Å². The molecule has 0 spiro atoms. The monoisotopic (exact) mass is 687 g/mol. The SMILES string of the molecule is COc1ccc(CN2c3nccc4c(Br)cc(NC(=O)c5cc(F)cc(C(F)(F)F)c5)c(c34)C2c2cc(F)ccc2Cl)cc1. The van der Waals surface area contributed by atoms with E-state index in [1.165, 1.54) is 18.2 Å². The number of nitrogens with zero attached hydrogens (tertiary/aromatic N) is 2. The molecule has 1 unspecified atom stereocenters. The van der Waals surface area contributed by atoms with Crippen LogP contribution >= 0.6 is 27.5 Å². The Labute approximate surface area is 261 Å². The Kier molecular flexibility index (Phi) is 7.71. The van der Waals surface area contributed by atoms with Gasteiger partial charge in [0.25, 0.3) is 5.91 Å². The summed E-state index contributed by atoms with van der Waals surface area (Å²) in [6, 6.07) is 15.5. The summed E-state index contributed by atoms with van der Waals surface area (Å²) in [4.78, 5) is 19.9. The molecule has 44 heavy (non-hydrogen) atoms. The summed E-state index contributed by atoms with van der Waals surface area (Å²) in [6.45, 7) is 0.284. The lowest BCUT2D eigenvalue weighted by Crippen LogP contribution is -2.27. The van der Waals surface area contributed by atoms with Crippen molar-refractivity contribution in [2.45, 2.75) is 18.8 Å². The molecule has 0 bridgehead atoms. The summed E-state index contributed by atoms with van der Waals surface area (Å²) in [6.07, 6.45) is -3.24. The van der Waals surface area contributed by atoms with E-state index in [1.54, 1.807) is 37.6 Å². The van der Waals surface area contributed by atoms with Gasteiger partial charge in [0.2, 0.25) is 0 Å². The van der Waals surface area contributed by atoms with Crippen molar-refractivity contribution in [3.05, 3.63) is 128 Å². The van der Waals surface area contributed by atoms with Crippen LogP contribution in [-0.4, -0.2) is 18.0 Å². The second-order valence-electron chi connectivity index (χ2n) is 10.1. The quantitative estimate of drug-likeness (QED) is 0.181. The number of hydrogen-bond donors (Lipinski definition) is 1. The second kappa shape index (κ2) is 11.4. The normalized spacial score (nSPS) is 14.3. The van der Waals surface area contributed by atoms with Crippen LogP contribution in [0.4, 0.5) is 33.5 Å². The number of halogens is 7. The van der Waals surface area contributed by atoms with Crippen LogP contribution in [0.15, 0.2) is 83.5 Å². The van der Waals surface area contributed by atoms with E-state index in [4.69, 9.17) is 16.3 Å². The fourth-order valence-corrected chi connectivity index (χ4v) is 6.22. The lowest BCUT2D eigenvalue weighted by Gasteiger charge is -2.29. The van der Waals surface area contributed by atoms with Gasteiger partial charge in [-0.05, 0) is 66.2 Å². The molecule has 1 atom stereocenters. The molecular formula is C32H20BrClF5N3O2. The van der Waals surface area contributed by atoms with Crippen LogP contribution in [0.2, 0.25) is 5.02 Å². The number of pyridine rings is 1. The van der Waals surface area contributed by atoms with E-state index in [1.807, 2.05) is 17.0 Å². The minimum atomic E-state index is -4.86. The first-order valence-corrected chi connectivity index (χ1v) is 14.3. The first kappa shape index (κ1) is 29.8. The number of rotatable bonds is 6. The maximum atomic E-state index is 14.7. The number of carbonyl (C=O) groups excluding carboxylic acids is 1. The molecule has 0 saturated heterocycles. The van der Waals surface area contributed by atoms with Crippen molar-refractivity contribution in [3.8, 4) is 5.75 Å². The first-order valence-electron chi connectivity index (χ1n) is 13.1. The number of amides is 1. The number of ether oxygens (including phenoxy) is 1. The molecule has 1 aromatic heterocycles. The van der Waals surface area contributed by atoms with Crippen LogP contribution in [0.5, 0.6) is 5.75 Å². The maximum absolute atomic E-state index is 14.7. The topological polar surface area (TPSA) is 54.5 Å². The molecule has 12 heteroatoms. The van der Waals surface area contributed by atoms with Gasteiger partial charge >= 0.3 is 6.18 Å². The minimum Gasteiger partial charge on any atom is -0.497 e. The molecule has 1 aliphatic rings. The van der Waals surface area contributed by atoms with Gasteiger partial charge in [0.05, 0.1) is 18.7 Å². The minimum absolute atomic E-state index is 0.198. The summed E-state index contributed by atoms with van der Waals surface area (Å²) in [5.41, 5.74) is 0.104. The van der Waals surface area contributed by atoms with Crippen LogP contribution in [0.1, 0.15) is 38.7 Å². The van der Waals surface area contributed by atoms with Crippen LogP contribution < -0.4 is 15.0 Å². The molecule has 0 fully saturated rings. The molecular weight excluding hydrogens is 669 g/mol. The Morgan fingerprint density at radius 3 is 2.48 bits per heavy atom. The maximum Gasteiger partial charge on any atom is 0.416 e. The largest absolute Gasteiger partial charge is 0.497 e. The molecule has 224 valence electrons. The standard InChI is InChI=1S/C32H20BrClF5N3O2/c1-44-21-5-2-16(3-6-21)15-42-29(23-13-19(35)4-7-25(23)34)28-26(14-24(33)22-8-9-40-30(42)27(22)28)41-31(43)17-10-18(32(37,38)39)12-20(36)11-17/h2-14,29H,15H2,1H3,(H,41,43). The van der Waals surface area contributed by atoms with Gasteiger partial charge in [-0.1, -0.05) is 39.7 Å². The van der Waals surface area contributed by atoms with Crippen molar-refractivity contribution in [2.75, 3.05) is 17.3 Å². The van der Waals surface area contributed by atoms with Gasteiger partial charge in [-0.3, -0.25) is 4.79 Å². The molecule has 5 aromatic rings. The molecule has 5 nitrogen and oxygen atoms in total. The molecule has 0 radical (unpaired) electrons. The zero-order valence-electron chi connectivity index (χ0n) is 22.6. The zero-order chi connectivity index (χ0) is 31.3. The Hall–Kier alpha value is -4.22. The summed E-state index contributed by atoms with van der Waals surface area (Å²) in [5, 5.41) is 4.26. The number of aromatic nitrogens is 1. The number of alkyl halides is 3. The van der Waals surface area contributed by atoms with E-state index < -0.39 is 40.9 Å². The highest BCUT2D eigenvalue weighted by Gasteiger charge is 2.39. The number of carbonyl (C=O) groups is 1. The first-order chi connectivity index (χ1) is 20.9. The Morgan fingerprint density at radius 2 is 1.77 bits per heavy atom. The van der Waals surface area contributed by atoms with Crippen molar-refractivity contribution in [2.24, 2.45) is 0 Å². The smallest absolute Gasteiger partial charge is 0.416 e. The van der Waals surface area contributed by atoms with E-state index in [2.05, 4.69) is 26.2 Å². The summed E-state index contributed by atoms with van der Waals surface area (Å²) < 4.78 is 74.9. The summed E-state index contributed by atoms with van der Waals surface area (Å²) in [7, 11) is 1.56. The average molecular weight is 689 g/mol. The predicted molar refractivity (Wildman–Crippen MR) is 161 cm³/mol. The van der Waals surface area contributed by atoms with Gasteiger partial charge in [0, 0.05) is 55.4 Å². The highest BCUT2D eigenvalue weighted by Crippen LogP contribution is 2.52. The third-order valence-corrected chi connectivity index (χ3v) is 8.38. The third kappa shape index (κ3) is 5.46. The number of methoxy groups -OCH3 is 1. The van der Waals surface area contributed by atoms with Gasteiger partial charge in [-0.2, -0.15) is 13.2 Å². The van der Waals surface area contributed by atoms with Gasteiger partial charge in [0.15, 0.2) is 0 Å². The van der Waals surface area contributed by atoms with Gasteiger partial charge in [0.1, 0.15) is 23.2 Å². The van der Waals surface area contributed by atoms with Crippen molar-refractivity contribution in [1.29, 1.82) is 0 Å². The highest BCUT2D eigenvalue weighted by atomic mass is 79.9. The Bertz CT molecular complexity index is 1940. The average Bonchev–Trinajstić information content (AvgIpc) is 3.31. The fourth-order valence-electron chi connectivity index (χ4n) is 5.44. The molecule has 4 aromatic carbocycles. The summed E-state index contributed by atoms with van der Waals surface area (Å²) >= 11 is 10.2. The summed E-state index contributed by atoms with van der Waals surface area (Å²) in [5.74, 6) is -1.56. The molecule has 6 rings (SSSR count). The van der Waals surface area contributed by atoms with Crippen LogP contribution in [-0.2, 0) is 12.7 Å². The Balaban J connectivity index is 1.53. The Morgan fingerprint density at radius 1 is 1.02 bits per heavy atom. The van der Waals surface area contributed by atoms with Crippen LogP contribution in [0, 0.1) is 11.6 Å². The number of anilines is 2. The highest BCUT2D eigenvalue weighted by molar-refractivity contribution is 9.10. The molecule has 1 amide bonds. The van der Waals surface area contributed by atoms with Gasteiger partial charge < -0.3 is 15.0 Å². The molecule has 0 aliphatic carbocycles. The van der Waals surface area contributed by atoms with Crippen molar-refractivity contribution < 1.29 is 31.5 Å². The fraction of sp³-hybridized carbons (Fsp3) is 0.125. The van der Waals surface area contributed by atoms with Crippen molar-refractivity contribution >= 4 is 55.7 Å². The molecule has 1 N–H and O–H groups in total. The molecule has 0 saturated carbocycles. The van der Waals surface area contributed by atoms with E-state index in [0.29, 0.717) is 44.7 Å². The zero-order valence-corrected chi connectivity index (χ0v) is 25.0. The van der Waals surface area contributed by atoms with E-state index in [-0.39, 0.29) is 17.3 Å². The third-order valence-electron chi connectivity index (χ3n) is 7.38. The second-order valence-corrected chi connectivity index (χ2v) is 11.4. The number of hydrogen-bond acceptors (Lipinski definition) is 4. The number of nitrogens with one attached hydrogen (secondary N) is 1. The van der Waals surface area contributed by atoms with Crippen LogP contribution in [0.25, 0.3) is 10.8 Å². The van der Waals surface area contributed by atoms with E-state index in [9.17, 15) is 26.7 Å². The van der Waals surface area contributed by atoms with Crippen LogP contribution in [0.3, 0.4) is 0 Å². The molecule has 1 aliphatic heterocycles. The van der Waals surface area contributed by atoms with Crippen molar-refractivity contribution in [3.63, 3.8) is 0 Å². The van der Waals surface area contributed by atoms with E-state index >= 15 is 0 Å². The lowest BCUT2D eigenvalue weighted by molar-refractivity contribution is -0.137. The van der Waals surface area contributed by atoms with Gasteiger partial charge in [-0.25, -0.2) is 13.8 Å². The molecule has 2 heterocycles. The number of benzene rings is 4. The van der Waals surface area contributed by atoms with Crippen molar-refractivity contribution in [1.82, 2.24) is 4.98 Å². The predicted octanol–water partition coefficient (Wildman–Crippen LogP) is 9.32. The lowest BCUT2D eigenvalue weighted by atomic mass is 9.94. The van der Waals surface area contributed by atoms with E-state index in [0.717, 1.165) is 17.0 Å².